The number of hydrogen-bond acceptors (Lipinski definition) is 7. The van der Waals surface area contributed by atoms with Gasteiger partial charge in [-0.2, -0.15) is 0 Å². The minimum absolute atomic E-state index is 0.507. The van der Waals surface area contributed by atoms with Gasteiger partial charge in [-0.15, -0.1) is 21.5 Å². The number of nitrogens with zero attached hydrogens (tertiary/aromatic N) is 3. The third-order valence-corrected chi connectivity index (χ3v) is 3.72. The van der Waals surface area contributed by atoms with Crippen LogP contribution in [0.5, 0.6) is 0 Å². The van der Waals surface area contributed by atoms with Crippen molar-refractivity contribution in [2.24, 2.45) is 0 Å². The molecular weight excluding hydrogens is 232 g/mol. The first-order valence-electron chi connectivity index (χ1n) is 4.28. The molecule has 0 atom stereocenters. The molecule has 2 heterocycles. The van der Waals surface area contributed by atoms with Gasteiger partial charge in [-0.3, -0.25) is 0 Å². The van der Waals surface area contributed by atoms with Crippen molar-refractivity contribution >= 4 is 27.8 Å². The second kappa shape index (κ2) is 4.65. The molecule has 0 spiro atoms. The Morgan fingerprint density at radius 2 is 2.33 bits per heavy atom. The van der Waals surface area contributed by atoms with E-state index >= 15 is 0 Å². The Kier molecular flexibility index (Phi) is 3.24. The first-order valence-corrected chi connectivity index (χ1v) is 5.97. The first-order chi connectivity index (χ1) is 7.35. The summed E-state index contributed by atoms with van der Waals surface area (Å²) in [4.78, 5) is 5.27. The Balaban J connectivity index is 2.31. The molecule has 5 nitrogen and oxygen atoms in total. The lowest BCUT2D eigenvalue weighted by Crippen LogP contribution is -1.89. The SMILES string of the molecule is CNc1nnc(-c2scnc2COC)s1. The molecule has 0 aliphatic heterocycles. The number of anilines is 1. The number of aromatic nitrogens is 3. The fourth-order valence-corrected chi connectivity index (χ4v) is 2.70. The van der Waals surface area contributed by atoms with Gasteiger partial charge in [0.05, 0.1) is 22.7 Å². The van der Waals surface area contributed by atoms with Crippen molar-refractivity contribution in [3.8, 4) is 9.88 Å². The van der Waals surface area contributed by atoms with Crippen LogP contribution in [0.2, 0.25) is 0 Å². The van der Waals surface area contributed by atoms with E-state index in [9.17, 15) is 0 Å². The second-order valence-corrected chi connectivity index (χ2v) is 4.56. The van der Waals surface area contributed by atoms with E-state index in [0.717, 1.165) is 20.7 Å². The van der Waals surface area contributed by atoms with E-state index in [0.29, 0.717) is 6.61 Å². The summed E-state index contributed by atoms with van der Waals surface area (Å²) in [5, 5.41) is 12.7. The van der Waals surface area contributed by atoms with E-state index in [1.165, 1.54) is 11.3 Å². The number of methoxy groups -OCH3 is 1. The number of thiazole rings is 1. The monoisotopic (exact) mass is 242 g/mol. The molecule has 0 aliphatic carbocycles. The third kappa shape index (κ3) is 2.14. The smallest absolute Gasteiger partial charge is 0.205 e. The zero-order valence-corrected chi connectivity index (χ0v) is 9.98. The summed E-state index contributed by atoms with van der Waals surface area (Å²) in [6.45, 7) is 0.507. The molecule has 0 aromatic carbocycles. The van der Waals surface area contributed by atoms with E-state index in [1.54, 1.807) is 24.0 Å². The van der Waals surface area contributed by atoms with Crippen molar-refractivity contribution in [1.29, 1.82) is 0 Å². The highest BCUT2D eigenvalue weighted by atomic mass is 32.1. The normalized spacial score (nSPS) is 10.5. The Morgan fingerprint density at radius 1 is 1.47 bits per heavy atom. The molecule has 1 N–H and O–H groups in total. The summed E-state index contributed by atoms with van der Waals surface area (Å²) in [6, 6.07) is 0. The molecule has 0 fully saturated rings. The van der Waals surface area contributed by atoms with Crippen molar-refractivity contribution in [2.45, 2.75) is 6.61 Å². The molecule has 0 saturated heterocycles. The zero-order valence-electron chi connectivity index (χ0n) is 8.35. The number of nitrogens with one attached hydrogen (secondary N) is 1. The molecule has 7 heteroatoms. The van der Waals surface area contributed by atoms with Gasteiger partial charge in [0.1, 0.15) is 0 Å². The number of hydrogen-bond donors (Lipinski definition) is 1. The quantitative estimate of drug-likeness (QED) is 0.886. The predicted octanol–water partition coefficient (Wildman–Crippen LogP) is 1.85. The van der Waals surface area contributed by atoms with Crippen LogP contribution in [0.25, 0.3) is 9.88 Å². The van der Waals surface area contributed by atoms with Crippen LogP contribution in [0, 0.1) is 0 Å². The third-order valence-electron chi connectivity index (χ3n) is 1.76. The van der Waals surface area contributed by atoms with E-state index in [4.69, 9.17) is 4.74 Å². The van der Waals surface area contributed by atoms with E-state index in [1.807, 2.05) is 7.05 Å². The van der Waals surface area contributed by atoms with Crippen molar-refractivity contribution in [1.82, 2.24) is 15.2 Å². The van der Waals surface area contributed by atoms with Gasteiger partial charge in [0, 0.05) is 14.2 Å². The van der Waals surface area contributed by atoms with E-state index < -0.39 is 0 Å². The molecule has 15 heavy (non-hydrogen) atoms. The van der Waals surface area contributed by atoms with Crippen LogP contribution in [0.1, 0.15) is 5.69 Å². The Hall–Kier alpha value is -1.05. The molecular formula is C8H10N4OS2. The molecule has 0 unspecified atom stereocenters. The molecule has 0 saturated carbocycles. The number of ether oxygens (including phenoxy) is 1. The molecule has 0 amide bonds. The molecule has 0 bridgehead atoms. The van der Waals surface area contributed by atoms with Crippen LogP contribution in [0.15, 0.2) is 5.51 Å². The molecule has 2 rings (SSSR count). The maximum atomic E-state index is 5.07. The fraction of sp³-hybridized carbons (Fsp3) is 0.375. The molecule has 0 radical (unpaired) electrons. The predicted molar refractivity (Wildman–Crippen MR) is 61.3 cm³/mol. The van der Waals surface area contributed by atoms with Gasteiger partial charge in [-0.05, 0) is 0 Å². The van der Waals surface area contributed by atoms with Crippen molar-refractivity contribution < 1.29 is 4.74 Å². The summed E-state index contributed by atoms with van der Waals surface area (Å²) < 4.78 is 5.07. The van der Waals surface area contributed by atoms with Crippen LogP contribution < -0.4 is 5.32 Å². The first kappa shape index (κ1) is 10.5. The minimum atomic E-state index is 0.507. The van der Waals surface area contributed by atoms with Gasteiger partial charge in [-0.1, -0.05) is 11.3 Å². The van der Waals surface area contributed by atoms with Gasteiger partial charge in [0.25, 0.3) is 0 Å². The average Bonchev–Trinajstić information content (AvgIpc) is 2.85. The summed E-state index contributed by atoms with van der Waals surface area (Å²) in [5.41, 5.74) is 2.71. The Bertz CT molecular complexity index is 439. The van der Waals surface area contributed by atoms with Crippen LogP contribution >= 0.6 is 22.7 Å². The Labute approximate surface area is 95.2 Å². The maximum absolute atomic E-state index is 5.07. The lowest BCUT2D eigenvalue weighted by Gasteiger charge is -1.95. The van der Waals surface area contributed by atoms with Gasteiger partial charge in [0.2, 0.25) is 5.13 Å². The minimum Gasteiger partial charge on any atom is -0.378 e. The lowest BCUT2D eigenvalue weighted by atomic mass is 10.4. The summed E-state index contributed by atoms with van der Waals surface area (Å²) in [7, 11) is 3.48. The maximum Gasteiger partial charge on any atom is 0.205 e. The van der Waals surface area contributed by atoms with Crippen LogP contribution in [0.4, 0.5) is 5.13 Å². The largest absolute Gasteiger partial charge is 0.378 e. The van der Waals surface area contributed by atoms with Crippen LogP contribution in [-0.2, 0) is 11.3 Å². The molecule has 2 aromatic heterocycles. The molecule has 80 valence electrons. The zero-order chi connectivity index (χ0) is 10.7. The van der Waals surface area contributed by atoms with E-state index in [-0.39, 0.29) is 0 Å². The highest BCUT2D eigenvalue weighted by Gasteiger charge is 2.13. The molecule has 2 aromatic rings. The summed E-state index contributed by atoms with van der Waals surface area (Å²) in [6.07, 6.45) is 0. The van der Waals surface area contributed by atoms with Gasteiger partial charge in [0.15, 0.2) is 5.01 Å². The van der Waals surface area contributed by atoms with E-state index in [2.05, 4.69) is 20.5 Å². The summed E-state index contributed by atoms with van der Waals surface area (Å²) in [5.74, 6) is 0. The fourth-order valence-electron chi connectivity index (χ4n) is 1.10. The van der Waals surface area contributed by atoms with Crippen LogP contribution in [-0.4, -0.2) is 29.3 Å². The van der Waals surface area contributed by atoms with Crippen LogP contribution in [0.3, 0.4) is 0 Å². The molecule has 0 aliphatic rings. The lowest BCUT2D eigenvalue weighted by molar-refractivity contribution is 0.182. The average molecular weight is 242 g/mol. The van der Waals surface area contributed by atoms with Crippen molar-refractivity contribution in [2.75, 3.05) is 19.5 Å². The summed E-state index contributed by atoms with van der Waals surface area (Å²) >= 11 is 3.07. The number of rotatable bonds is 4. The van der Waals surface area contributed by atoms with Gasteiger partial charge < -0.3 is 10.1 Å². The van der Waals surface area contributed by atoms with Gasteiger partial charge >= 0.3 is 0 Å². The van der Waals surface area contributed by atoms with Crippen molar-refractivity contribution in [3.05, 3.63) is 11.2 Å². The standard InChI is InChI=1S/C8H10N4OS2/c1-9-8-12-11-7(15-8)6-5(3-13-2)10-4-14-6/h4H,3H2,1-2H3,(H,9,12). The highest BCUT2D eigenvalue weighted by Crippen LogP contribution is 2.31. The second-order valence-electron chi connectivity index (χ2n) is 2.72. The Morgan fingerprint density at radius 3 is 3.00 bits per heavy atom. The van der Waals surface area contributed by atoms with Crippen molar-refractivity contribution in [3.63, 3.8) is 0 Å². The highest BCUT2D eigenvalue weighted by molar-refractivity contribution is 7.22. The topological polar surface area (TPSA) is 59.9 Å². The van der Waals surface area contributed by atoms with Gasteiger partial charge in [-0.25, -0.2) is 4.98 Å².